The number of sulfonamides is 1. The first-order valence-corrected chi connectivity index (χ1v) is 14.4. The van der Waals surface area contributed by atoms with E-state index < -0.39 is 22.2 Å². The monoisotopic (exact) mass is 535 g/mol. The number of aliphatic hydroxyl groups is 1. The van der Waals surface area contributed by atoms with Gasteiger partial charge in [0.1, 0.15) is 16.1 Å². The van der Waals surface area contributed by atoms with E-state index in [0.29, 0.717) is 23.5 Å². The third-order valence-corrected chi connectivity index (χ3v) is 9.93. The molecule has 36 heavy (non-hydrogen) atoms. The largest absolute Gasteiger partial charge is 0.488 e. The molecule has 1 aromatic heterocycles. The zero-order valence-electron chi connectivity index (χ0n) is 20.7. The van der Waals surface area contributed by atoms with Gasteiger partial charge in [-0.15, -0.1) is 11.3 Å². The third-order valence-electron chi connectivity index (χ3n) is 6.73. The molecule has 4 rings (SSSR count). The van der Waals surface area contributed by atoms with Crippen LogP contribution in [0.3, 0.4) is 0 Å². The SMILES string of the molecule is C[C@@H]1CN([C@@H](C)CO)C(=O)Cc2cc(NC(=O)C3CC3)ccc2O[C@H]1CN(C)S(=O)(=O)c1cccs1. The van der Waals surface area contributed by atoms with Crippen molar-refractivity contribution in [2.75, 3.05) is 32.1 Å². The second kappa shape index (κ2) is 10.9. The van der Waals surface area contributed by atoms with Gasteiger partial charge in [-0.25, -0.2) is 8.42 Å². The average molecular weight is 536 g/mol. The van der Waals surface area contributed by atoms with Gasteiger partial charge in [0.25, 0.3) is 10.0 Å². The number of nitrogens with one attached hydrogen (secondary N) is 1. The van der Waals surface area contributed by atoms with Gasteiger partial charge in [0.05, 0.1) is 25.6 Å². The molecule has 1 saturated carbocycles. The third kappa shape index (κ3) is 5.91. The fourth-order valence-corrected chi connectivity index (χ4v) is 6.61. The second-order valence-electron chi connectivity index (χ2n) is 9.69. The maximum atomic E-state index is 13.3. The first kappa shape index (κ1) is 26.6. The number of fused-ring (bicyclic) bond motifs is 1. The molecule has 196 valence electrons. The van der Waals surface area contributed by atoms with Gasteiger partial charge in [-0.3, -0.25) is 9.59 Å². The van der Waals surface area contributed by atoms with Crippen LogP contribution in [0.25, 0.3) is 0 Å². The Hall–Kier alpha value is -2.47. The van der Waals surface area contributed by atoms with E-state index in [1.807, 2.05) is 6.92 Å². The summed E-state index contributed by atoms with van der Waals surface area (Å²) in [7, 11) is -2.17. The van der Waals surface area contributed by atoms with E-state index in [0.717, 1.165) is 24.2 Å². The van der Waals surface area contributed by atoms with Crippen molar-refractivity contribution in [3.63, 3.8) is 0 Å². The summed E-state index contributed by atoms with van der Waals surface area (Å²) in [5, 5.41) is 14.4. The van der Waals surface area contributed by atoms with Crippen molar-refractivity contribution in [1.29, 1.82) is 0 Å². The smallest absolute Gasteiger partial charge is 0.252 e. The molecule has 1 aliphatic heterocycles. The minimum absolute atomic E-state index is 0.0345. The maximum Gasteiger partial charge on any atom is 0.252 e. The molecular weight excluding hydrogens is 502 g/mol. The fourth-order valence-electron chi connectivity index (χ4n) is 4.23. The van der Waals surface area contributed by atoms with Crippen LogP contribution in [0.5, 0.6) is 5.75 Å². The molecule has 11 heteroatoms. The van der Waals surface area contributed by atoms with Crippen LogP contribution in [-0.4, -0.2) is 73.4 Å². The number of carbonyl (C=O) groups is 2. The van der Waals surface area contributed by atoms with Crippen molar-refractivity contribution in [2.45, 2.75) is 49.5 Å². The lowest BCUT2D eigenvalue weighted by Crippen LogP contribution is -2.48. The summed E-state index contributed by atoms with van der Waals surface area (Å²) < 4.78 is 34.0. The molecule has 0 spiro atoms. The van der Waals surface area contributed by atoms with Gasteiger partial charge < -0.3 is 20.1 Å². The van der Waals surface area contributed by atoms with Crippen LogP contribution in [0.2, 0.25) is 0 Å². The number of rotatable bonds is 8. The molecule has 0 saturated heterocycles. The Labute approximate surface area is 216 Å². The van der Waals surface area contributed by atoms with Crippen molar-refractivity contribution >= 4 is 38.9 Å². The first-order chi connectivity index (χ1) is 17.1. The molecule has 2 aromatic rings. The summed E-state index contributed by atoms with van der Waals surface area (Å²) in [5.74, 6) is 0.0843. The molecule has 9 nitrogen and oxygen atoms in total. The Morgan fingerprint density at radius 1 is 1.33 bits per heavy atom. The predicted molar refractivity (Wildman–Crippen MR) is 137 cm³/mol. The van der Waals surface area contributed by atoms with Crippen molar-refractivity contribution < 1.29 is 27.9 Å². The highest BCUT2D eigenvalue weighted by molar-refractivity contribution is 7.91. The number of anilines is 1. The Morgan fingerprint density at radius 2 is 2.08 bits per heavy atom. The lowest BCUT2D eigenvalue weighted by atomic mass is 10.0. The van der Waals surface area contributed by atoms with Crippen LogP contribution in [0.1, 0.15) is 32.3 Å². The number of carbonyl (C=O) groups excluding carboxylic acids is 2. The molecule has 2 heterocycles. The standard InChI is InChI=1S/C25H33N3O6S2/c1-16-13-28(17(2)15-29)23(30)12-19-11-20(26-25(31)18-6-7-18)8-9-21(19)34-22(16)14-27(3)36(32,33)24-5-4-10-35-24/h4-5,8-11,16-18,22,29H,6-7,12-15H2,1-3H3,(H,26,31)/t16-,17+,22+/m1/s1. The molecule has 3 atom stereocenters. The van der Waals surface area contributed by atoms with Gasteiger partial charge in [0, 0.05) is 36.7 Å². The summed E-state index contributed by atoms with van der Waals surface area (Å²) in [5.41, 5.74) is 1.19. The number of thiophene rings is 1. The number of hydrogen-bond acceptors (Lipinski definition) is 7. The van der Waals surface area contributed by atoms with Gasteiger partial charge in [-0.1, -0.05) is 13.0 Å². The highest BCUT2D eigenvalue weighted by Gasteiger charge is 2.34. The molecule has 0 bridgehead atoms. The van der Waals surface area contributed by atoms with Gasteiger partial charge in [-0.2, -0.15) is 4.31 Å². The number of benzene rings is 1. The molecule has 1 aliphatic carbocycles. The number of aliphatic hydroxyl groups excluding tert-OH is 1. The minimum Gasteiger partial charge on any atom is -0.488 e. The maximum absolute atomic E-state index is 13.3. The molecule has 2 amide bonds. The number of amides is 2. The van der Waals surface area contributed by atoms with Gasteiger partial charge in [0.2, 0.25) is 11.8 Å². The average Bonchev–Trinajstić information content (AvgIpc) is 3.54. The molecule has 1 aromatic carbocycles. The van der Waals surface area contributed by atoms with E-state index >= 15 is 0 Å². The van der Waals surface area contributed by atoms with Crippen molar-refractivity contribution in [3.05, 3.63) is 41.3 Å². The second-order valence-corrected chi connectivity index (χ2v) is 12.9. The number of ether oxygens (including phenoxy) is 1. The zero-order valence-corrected chi connectivity index (χ0v) is 22.3. The molecule has 2 N–H and O–H groups in total. The van der Waals surface area contributed by atoms with Crippen LogP contribution >= 0.6 is 11.3 Å². The Morgan fingerprint density at radius 3 is 2.72 bits per heavy atom. The lowest BCUT2D eigenvalue weighted by molar-refractivity contribution is -0.134. The minimum atomic E-state index is -3.69. The normalized spacial score (nSPS) is 21.7. The number of likely N-dealkylation sites (N-methyl/N-ethyl adjacent to an activating group) is 1. The molecular formula is C25H33N3O6S2. The number of hydrogen-bond donors (Lipinski definition) is 2. The van der Waals surface area contributed by atoms with Crippen molar-refractivity contribution in [1.82, 2.24) is 9.21 Å². The van der Waals surface area contributed by atoms with Gasteiger partial charge in [-0.05, 0) is 49.4 Å². The molecule has 0 unspecified atom stereocenters. The van der Waals surface area contributed by atoms with E-state index in [-0.39, 0.29) is 47.4 Å². The molecule has 0 radical (unpaired) electrons. The van der Waals surface area contributed by atoms with Crippen LogP contribution in [0.15, 0.2) is 39.9 Å². The molecule has 1 fully saturated rings. The predicted octanol–water partition coefficient (Wildman–Crippen LogP) is 2.57. The van der Waals surface area contributed by atoms with Crippen LogP contribution in [0.4, 0.5) is 5.69 Å². The summed E-state index contributed by atoms with van der Waals surface area (Å²) in [6, 6.07) is 8.06. The summed E-state index contributed by atoms with van der Waals surface area (Å²) in [4.78, 5) is 27.2. The Balaban J connectivity index is 1.64. The lowest BCUT2D eigenvalue weighted by Gasteiger charge is -2.33. The fraction of sp³-hybridized carbons (Fsp3) is 0.520. The number of nitrogens with zero attached hydrogens (tertiary/aromatic N) is 2. The quantitative estimate of drug-likeness (QED) is 0.537. The first-order valence-electron chi connectivity index (χ1n) is 12.1. The van der Waals surface area contributed by atoms with E-state index in [4.69, 9.17) is 4.74 Å². The van der Waals surface area contributed by atoms with Crippen LogP contribution in [-0.2, 0) is 26.0 Å². The summed E-state index contributed by atoms with van der Waals surface area (Å²) >= 11 is 1.16. The highest BCUT2D eigenvalue weighted by Crippen LogP contribution is 2.33. The van der Waals surface area contributed by atoms with E-state index in [1.54, 1.807) is 47.5 Å². The van der Waals surface area contributed by atoms with Crippen molar-refractivity contribution in [3.8, 4) is 5.75 Å². The van der Waals surface area contributed by atoms with E-state index in [9.17, 15) is 23.1 Å². The van der Waals surface area contributed by atoms with Crippen molar-refractivity contribution in [2.24, 2.45) is 11.8 Å². The Bertz CT molecular complexity index is 1200. The van der Waals surface area contributed by atoms with E-state index in [1.165, 1.54) is 11.4 Å². The van der Waals surface area contributed by atoms with Crippen LogP contribution in [0, 0.1) is 11.8 Å². The van der Waals surface area contributed by atoms with E-state index in [2.05, 4.69) is 5.32 Å². The van der Waals surface area contributed by atoms with Gasteiger partial charge >= 0.3 is 0 Å². The Kier molecular flexibility index (Phi) is 8.03. The van der Waals surface area contributed by atoms with Gasteiger partial charge in [0.15, 0.2) is 0 Å². The topological polar surface area (TPSA) is 116 Å². The molecule has 2 aliphatic rings. The zero-order chi connectivity index (χ0) is 26.0. The summed E-state index contributed by atoms with van der Waals surface area (Å²) in [6.07, 6.45) is 1.24. The van der Waals surface area contributed by atoms with Crippen LogP contribution < -0.4 is 10.1 Å². The highest BCUT2D eigenvalue weighted by atomic mass is 32.2. The summed E-state index contributed by atoms with van der Waals surface area (Å²) in [6.45, 7) is 3.88.